The molecule has 0 spiro atoms. The molecule has 0 saturated carbocycles. The number of thiazole rings is 1. The lowest BCUT2D eigenvalue weighted by molar-refractivity contribution is 0.834. The lowest BCUT2D eigenvalue weighted by Gasteiger charge is -1.98. The Morgan fingerprint density at radius 1 is 1.47 bits per heavy atom. The summed E-state index contributed by atoms with van der Waals surface area (Å²) in [4.78, 5) is 4.47. The molecule has 0 saturated heterocycles. The largest absolute Gasteiger partial charge is 0.361 e. The molecule has 2 aromatic rings. The van der Waals surface area contributed by atoms with Crippen LogP contribution in [-0.2, 0) is 0 Å². The molecule has 2 nitrogen and oxygen atoms in total. The molecule has 0 atom stereocenters. The fourth-order valence-electron chi connectivity index (χ4n) is 1.36. The minimum atomic E-state index is 0.786. The molecule has 4 heteroatoms. The zero-order valence-corrected chi connectivity index (χ0v) is 10.2. The van der Waals surface area contributed by atoms with Gasteiger partial charge in [-0.05, 0) is 18.6 Å². The number of nitrogens with one attached hydrogen (secondary N) is 1. The van der Waals surface area contributed by atoms with E-state index in [4.69, 9.17) is 11.6 Å². The van der Waals surface area contributed by atoms with Crippen LogP contribution in [0.3, 0.4) is 0 Å². The van der Waals surface area contributed by atoms with E-state index in [2.05, 4.69) is 17.2 Å². The van der Waals surface area contributed by atoms with Crippen LogP contribution < -0.4 is 5.32 Å². The topological polar surface area (TPSA) is 24.9 Å². The number of unbranched alkanes of at least 4 members (excludes halogenated alkanes) is 1. The second-order valence-electron chi connectivity index (χ2n) is 3.39. The van der Waals surface area contributed by atoms with Crippen molar-refractivity contribution >= 4 is 38.3 Å². The Morgan fingerprint density at radius 2 is 2.33 bits per heavy atom. The van der Waals surface area contributed by atoms with Gasteiger partial charge < -0.3 is 5.32 Å². The maximum Gasteiger partial charge on any atom is 0.183 e. The van der Waals surface area contributed by atoms with Crippen molar-refractivity contribution in [3.8, 4) is 0 Å². The van der Waals surface area contributed by atoms with Crippen LogP contribution in [0.4, 0.5) is 5.13 Å². The monoisotopic (exact) mass is 240 g/mol. The molecule has 1 aromatic carbocycles. The average molecular weight is 241 g/mol. The van der Waals surface area contributed by atoms with Crippen molar-refractivity contribution in [1.82, 2.24) is 4.98 Å². The van der Waals surface area contributed by atoms with Crippen molar-refractivity contribution in [2.24, 2.45) is 0 Å². The molecule has 0 bridgehead atoms. The number of hydrogen-bond donors (Lipinski definition) is 1. The first kappa shape index (κ1) is 10.7. The van der Waals surface area contributed by atoms with Gasteiger partial charge in [-0.2, -0.15) is 0 Å². The predicted octanol–water partition coefficient (Wildman–Crippen LogP) is 4.16. The molecule has 80 valence electrons. The Kier molecular flexibility index (Phi) is 3.44. The van der Waals surface area contributed by atoms with Gasteiger partial charge in [-0.3, -0.25) is 0 Å². The minimum Gasteiger partial charge on any atom is -0.361 e. The Bertz CT molecular complexity index is 453. The van der Waals surface area contributed by atoms with Gasteiger partial charge in [-0.25, -0.2) is 4.98 Å². The summed E-state index contributed by atoms with van der Waals surface area (Å²) >= 11 is 7.69. The highest BCUT2D eigenvalue weighted by Crippen LogP contribution is 2.31. The zero-order chi connectivity index (χ0) is 10.7. The van der Waals surface area contributed by atoms with E-state index in [9.17, 15) is 0 Å². The SMILES string of the molecule is CCCCNc1nc2cccc(Cl)c2s1. The second-order valence-corrected chi connectivity index (χ2v) is 4.79. The number of nitrogens with zero attached hydrogens (tertiary/aromatic N) is 1. The smallest absolute Gasteiger partial charge is 0.183 e. The molecule has 2 rings (SSSR count). The summed E-state index contributed by atoms with van der Waals surface area (Å²) in [6.45, 7) is 3.16. The second kappa shape index (κ2) is 4.81. The summed E-state index contributed by atoms with van der Waals surface area (Å²) in [7, 11) is 0. The highest BCUT2D eigenvalue weighted by molar-refractivity contribution is 7.22. The highest BCUT2D eigenvalue weighted by atomic mass is 35.5. The maximum atomic E-state index is 6.07. The summed E-state index contributed by atoms with van der Waals surface area (Å²) in [5.41, 5.74) is 0.978. The third kappa shape index (κ3) is 2.41. The average Bonchev–Trinajstić information content (AvgIpc) is 2.63. The molecule has 1 aromatic heterocycles. The molecule has 1 heterocycles. The number of hydrogen-bond acceptors (Lipinski definition) is 3. The predicted molar refractivity (Wildman–Crippen MR) is 68.0 cm³/mol. The Morgan fingerprint density at radius 3 is 3.07 bits per heavy atom. The van der Waals surface area contributed by atoms with Crippen molar-refractivity contribution in [2.45, 2.75) is 19.8 Å². The number of halogens is 1. The van der Waals surface area contributed by atoms with Gasteiger partial charge >= 0.3 is 0 Å². The fraction of sp³-hybridized carbons (Fsp3) is 0.364. The van der Waals surface area contributed by atoms with E-state index in [-0.39, 0.29) is 0 Å². The Labute approximate surface area is 98.3 Å². The summed E-state index contributed by atoms with van der Waals surface area (Å²) in [6, 6.07) is 5.82. The van der Waals surface area contributed by atoms with Crippen LogP contribution in [-0.4, -0.2) is 11.5 Å². The summed E-state index contributed by atoms with van der Waals surface area (Å²) in [6.07, 6.45) is 2.36. The molecule has 0 fully saturated rings. The number of aromatic nitrogens is 1. The maximum absolute atomic E-state index is 6.07. The van der Waals surface area contributed by atoms with E-state index >= 15 is 0 Å². The van der Waals surface area contributed by atoms with Gasteiger partial charge in [0.25, 0.3) is 0 Å². The van der Waals surface area contributed by atoms with Crippen LogP contribution in [0.5, 0.6) is 0 Å². The van der Waals surface area contributed by atoms with Crippen LogP contribution >= 0.6 is 22.9 Å². The summed E-state index contributed by atoms with van der Waals surface area (Å²) in [5.74, 6) is 0. The van der Waals surface area contributed by atoms with Gasteiger partial charge in [-0.15, -0.1) is 0 Å². The van der Waals surface area contributed by atoms with Crippen LogP contribution in [0.25, 0.3) is 10.2 Å². The lowest BCUT2D eigenvalue weighted by atomic mass is 10.3. The lowest BCUT2D eigenvalue weighted by Crippen LogP contribution is -1.99. The van der Waals surface area contributed by atoms with E-state index in [0.717, 1.165) is 26.9 Å². The number of rotatable bonds is 4. The van der Waals surface area contributed by atoms with Crippen molar-refractivity contribution in [2.75, 3.05) is 11.9 Å². The van der Waals surface area contributed by atoms with Crippen molar-refractivity contribution in [1.29, 1.82) is 0 Å². The van der Waals surface area contributed by atoms with E-state index < -0.39 is 0 Å². The molecule has 0 aliphatic carbocycles. The first-order valence-corrected chi connectivity index (χ1v) is 6.29. The number of fused-ring (bicyclic) bond motifs is 1. The zero-order valence-electron chi connectivity index (χ0n) is 8.59. The van der Waals surface area contributed by atoms with E-state index in [1.807, 2.05) is 18.2 Å². The van der Waals surface area contributed by atoms with Gasteiger partial charge in [0, 0.05) is 6.54 Å². The minimum absolute atomic E-state index is 0.786. The fourth-order valence-corrected chi connectivity index (χ4v) is 2.54. The number of benzene rings is 1. The van der Waals surface area contributed by atoms with Gasteiger partial charge in [0.2, 0.25) is 0 Å². The van der Waals surface area contributed by atoms with Crippen LogP contribution in [0.2, 0.25) is 5.02 Å². The first-order chi connectivity index (χ1) is 7.31. The molecule has 1 N–H and O–H groups in total. The third-order valence-corrected chi connectivity index (χ3v) is 3.66. The van der Waals surface area contributed by atoms with Gasteiger partial charge in [0.1, 0.15) is 0 Å². The van der Waals surface area contributed by atoms with Crippen LogP contribution in [0, 0.1) is 0 Å². The normalized spacial score (nSPS) is 10.8. The van der Waals surface area contributed by atoms with Crippen molar-refractivity contribution in [3.05, 3.63) is 23.2 Å². The molecule has 0 amide bonds. The molecule has 0 aliphatic rings. The van der Waals surface area contributed by atoms with E-state index in [1.54, 1.807) is 11.3 Å². The van der Waals surface area contributed by atoms with Gasteiger partial charge in [-0.1, -0.05) is 42.3 Å². The molecule has 0 aliphatic heterocycles. The third-order valence-electron chi connectivity index (χ3n) is 2.17. The molecular weight excluding hydrogens is 228 g/mol. The molecule has 0 unspecified atom stereocenters. The highest BCUT2D eigenvalue weighted by Gasteiger charge is 2.05. The van der Waals surface area contributed by atoms with E-state index in [1.165, 1.54) is 12.8 Å². The standard InChI is InChI=1S/C11H13ClN2S/c1-2-3-7-13-11-14-9-6-4-5-8(12)10(9)15-11/h4-6H,2-3,7H2,1H3,(H,13,14). The van der Waals surface area contributed by atoms with Gasteiger partial charge in [0.05, 0.1) is 15.2 Å². The first-order valence-electron chi connectivity index (χ1n) is 5.10. The van der Waals surface area contributed by atoms with Crippen LogP contribution in [0.15, 0.2) is 18.2 Å². The van der Waals surface area contributed by atoms with Gasteiger partial charge in [0.15, 0.2) is 5.13 Å². The number of anilines is 1. The van der Waals surface area contributed by atoms with Crippen molar-refractivity contribution < 1.29 is 0 Å². The molecular formula is C11H13ClN2S. The molecule has 0 radical (unpaired) electrons. The molecule has 15 heavy (non-hydrogen) atoms. The van der Waals surface area contributed by atoms with Crippen molar-refractivity contribution in [3.63, 3.8) is 0 Å². The Balaban J connectivity index is 2.20. The Hall–Kier alpha value is -0.800. The summed E-state index contributed by atoms with van der Waals surface area (Å²) < 4.78 is 1.07. The van der Waals surface area contributed by atoms with Crippen LogP contribution in [0.1, 0.15) is 19.8 Å². The van der Waals surface area contributed by atoms with E-state index in [0.29, 0.717) is 0 Å². The quantitative estimate of drug-likeness (QED) is 0.812. The summed E-state index contributed by atoms with van der Waals surface area (Å²) in [5, 5.41) is 5.06.